The van der Waals surface area contributed by atoms with Gasteiger partial charge in [-0.1, -0.05) is 43.9 Å². The number of hydrogen-bond donors (Lipinski definition) is 1. The molecule has 0 fully saturated rings. The first-order chi connectivity index (χ1) is 17.0. The molecule has 7 nitrogen and oxygen atoms in total. The SMILES string of the molecule is COCc1ccc([C@@H](NC(=O)Cn2cnccc2=O)C(=O)Cc2cc(F)c([Si](C)(C)C)cc2F)cc1. The highest BCUT2D eigenvalue weighted by molar-refractivity contribution is 6.88. The summed E-state index contributed by atoms with van der Waals surface area (Å²) in [5.74, 6) is -2.34. The van der Waals surface area contributed by atoms with Crippen molar-refractivity contribution in [1.82, 2.24) is 14.9 Å². The van der Waals surface area contributed by atoms with Gasteiger partial charge >= 0.3 is 0 Å². The third-order valence-corrected chi connectivity index (χ3v) is 7.67. The van der Waals surface area contributed by atoms with E-state index in [-0.39, 0.29) is 12.1 Å². The van der Waals surface area contributed by atoms with Crippen LogP contribution in [0, 0.1) is 11.6 Å². The summed E-state index contributed by atoms with van der Waals surface area (Å²) in [6.07, 6.45) is 2.11. The van der Waals surface area contributed by atoms with Crippen LogP contribution in [-0.2, 0) is 33.9 Å². The summed E-state index contributed by atoms with van der Waals surface area (Å²) in [7, 11) is -0.565. The lowest BCUT2D eigenvalue weighted by atomic mass is 9.96. The van der Waals surface area contributed by atoms with Gasteiger partial charge in [-0.2, -0.15) is 0 Å². The van der Waals surface area contributed by atoms with Crippen LogP contribution in [0.4, 0.5) is 8.78 Å². The second-order valence-corrected chi connectivity index (χ2v) is 14.6. The fourth-order valence-corrected chi connectivity index (χ4v) is 5.12. The molecule has 0 unspecified atom stereocenters. The Balaban J connectivity index is 1.89. The average Bonchev–Trinajstić information content (AvgIpc) is 2.81. The minimum absolute atomic E-state index is 0.0850. The van der Waals surface area contributed by atoms with E-state index in [4.69, 9.17) is 4.74 Å². The van der Waals surface area contributed by atoms with Crippen LogP contribution in [0.3, 0.4) is 0 Å². The molecule has 190 valence electrons. The van der Waals surface area contributed by atoms with Crippen molar-refractivity contribution in [2.45, 2.75) is 45.3 Å². The fourth-order valence-electron chi connectivity index (χ4n) is 3.77. The van der Waals surface area contributed by atoms with Crippen molar-refractivity contribution in [3.8, 4) is 0 Å². The first-order valence-corrected chi connectivity index (χ1v) is 14.9. The first kappa shape index (κ1) is 27.1. The molecule has 0 saturated heterocycles. The fraction of sp³-hybridized carbons (Fsp3) is 0.308. The smallest absolute Gasteiger partial charge is 0.253 e. The lowest BCUT2D eigenvalue weighted by molar-refractivity contribution is -0.128. The molecule has 1 heterocycles. The molecule has 0 aliphatic rings. The van der Waals surface area contributed by atoms with Crippen LogP contribution >= 0.6 is 0 Å². The number of benzene rings is 2. The van der Waals surface area contributed by atoms with Gasteiger partial charge in [-0.05, 0) is 34.0 Å². The van der Waals surface area contributed by atoms with Crippen molar-refractivity contribution in [1.29, 1.82) is 0 Å². The number of halogens is 2. The molecule has 1 aromatic heterocycles. The Hall–Kier alpha value is -3.50. The van der Waals surface area contributed by atoms with Crippen LogP contribution in [0.5, 0.6) is 0 Å². The van der Waals surface area contributed by atoms with Crippen molar-refractivity contribution < 1.29 is 23.1 Å². The summed E-state index contributed by atoms with van der Waals surface area (Å²) in [5.41, 5.74) is 0.812. The summed E-state index contributed by atoms with van der Waals surface area (Å²) in [6.45, 7) is 5.72. The van der Waals surface area contributed by atoms with Gasteiger partial charge in [0.2, 0.25) is 5.91 Å². The van der Waals surface area contributed by atoms with Gasteiger partial charge < -0.3 is 10.1 Å². The number of methoxy groups -OCH3 is 1. The number of carbonyl (C=O) groups excluding carboxylic acids is 2. The first-order valence-electron chi connectivity index (χ1n) is 11.4. The zero-order valence-corrected chi connectivity index (χ0v) is 21.7. The molecule has 36 heavy (non-hydrogen) atoms. The van der Waals surface area contributed by atoms with Crippen LogP contribution in [-0.4, -0.2) is 36.4 Å². The molecule has 0 saturated carbocycles. The van der Waals surface area contributed by atoms with Gasteiger partial charge in [-0.25, -0.2) is 13.8 Å². The molecule has 1 amide bonds. The van der Waals surface area contributed by atoms with Gasteiger partial charge in [0.15, 0.2) is 5.78 Å². The molecule has 0 radical (unpaired) electrons. The summed E-state index contributed by atoms with van der Waals surface area (Å²) >= 11 is 0. The van der Waals surface area contributed by atoms with E-state index >= 15 is 0 Å². The van der Waals surface area contributed by atoms with E-state index in [9.17, 15) is 23.2 Å². The molecular weight excluding hydrogens is 484 g/mol. The molecule has 0 aliphatic carbocycles. The van der Waals surface area contributed by atoms with E-state index in [2.05, 4.69) is 10.3 Å². The number of hydrogen-bond acceptors (Lipinski definition) is 5. The van der Waals surface area contributed by atoms with Crippen molar-refractivity contribution in [2.75, 3.05) is 7.11 Å². The van der Waals surface area contributed by atoms with Crippen LogP contribution in [0.25, 0.3) is 0 Å². The normalized spacial score (nSPS) is 12.3. The number of Topliss-reactive ketones (excluding diaryl/α,β-unsaturated/α-hetero) is 1. The van der Waals surface area contributed by atoms with E-state index in [0.29, 0.717) is 17.4 Å². The highest BCUT2D eigenvalue weighted by atomic mass is 28.3. The Morgan fingerprint density at radius 1 is 1.08 bits per heavy atom. The highest BCUT2D eigenvalue weighted by Crippen LogP contribution is 2.20. The maximum atomic E-state index is 14.9. The predicted octanol–water partition coefficient (Wildman–Crippen LogP) is 2.88. The second-order valence-electron chi connectivity index (χ2n) is 9.54. The van der Waals surface area contributed by atoms with Crippen LogP contribution in [0.2, 0.25) is 19.6 Å². The lowest BCUT2D eigenvalue weighted by Gasteiger charge is -2.21. The molecule has 3 rings (SSSR count). The van der Waals surface area contributed by atoms with Crippen LogP contribution in [0.1, 0.15) is 22.7 Å². The Morgan fingerprint density at radius 3 is 2.39 bits per heavy atom. The molecule has 10 heteroatoms. The zero-order valence-electron chi connectivity index (χ0n) is 20.7. The van der Waals surface area contributed by atoms with E-state index < -0.39 is 49.4 Å². The quantitative estimate of drug-likeness (QED) is 0.421. The minimum Gasteiger partial charge on any atom is -0.380 e. The van der Waals surface area contributed by atoms with Gasteiger partial charge in [-0.15, -0.1) is 0 Å². The maximum Gasteiger partial charge on any atom is 0.253 e. The van der Waals surface area contributed by atoms with Gasteiger partial charge in [-0.3, -0.25) is 19.0 Å². The summed E-state index contributed by atoms with van der Waals surface area (Å²) < 4.78 is 35.8. The third-order valence-electron chi connectivity index (χ3n) is 5.67. The number of carbonyl (C=O) groups is 2. The summed E-state index contributed by atoms with van der Waals surface area (Å²) in [4.78, 5) is 41.8. The number of amides is 1. The zero-order chi connectivity index (χ0) is 26.5. The van der Waals surface area contributed by atoms with Crippen LogP contribution in [0.15, 0.2) is 59.8 Å². The number of nitrogens with one attached hydrogen (secondary N) is 1. The van der Waals surface area contributed by atoms with Crippen LogP contribution < -0.4 is 16.1 Å². The lowest BCUT2D eigenvalue weighted by Crippen LogP contribution is -2.41. The third kappa shape index (κ3) is 6.79. The monoisotopic (exact) mass is 513 g/mol. The number of nitrogens with zero attached hydrogens (tertiary/aromatic N) is 2. The molecule has 3 aromatic rings. The van der Waals surface area contributed by atoms with Gasteiger partial charge in [0.25, 0.3) is 5.56 Å². The number of aromatic nitrogens is 2. The Bertz CT molecular complexity index is 1300. The summed E-state index contributed by atoms with van der Waals surface area (Å²) in [5, 5.41) is 2.98. The van der Waals surface area contributed by atoms with E-state index in [1.165, 1.54) is 24.7 Å². The van der Waals surface area contributed by atoms with Gasteiger partial charge in [0, 0.05) is 25.8 Å². The molecule has 0 bridgehead atoms. The number of rotatable bonds is 10. The van der Waals surface area contributed by atoms with Gasteiger partial charge in [0.1, 0.15) is 24.2 Å². The molecule has 1 atom stereocenters. The van der Waals surface area contributed by atoms with Crippen molar-refractivity contribution >= 4 is 25.0 Å². The number of ketones is 1. The van der Waals surface area contributed by atoms with E-state index in [1.54, 1.807) is 31.4 Å². The van der Waals surface area contributed by atoms with E-state index in [1.807, 2.05) is 19.6 Å². The minimum atomic E-state index is -2.12. The summed E-state index contributed by atoms with van der Waals surface area (Å²) in [6, 6.07) is 9.15. The molecule has 2 aromatic carbocycles. The van der Waals surface area contributed by atoms with Gasteiger partial charge in [0.05, 0.1) is 21.0 Å². The standard InChI is InChI=1S/C26H29F2N3O4Si/c1-35-15-17-5-7-18(8-6-17)26(30-24(33)14-31-16-29-10-9-25(31)34)22(32)12-19-11-21(28)23(13-20(19)27)36(2,3)4/h5-11,13,16,26H,12,14-15H2,1-4H3,(H,30,33)/t26-/m1/s1. The Kier molecular flexibility index (Phi) is 8.64. The Morgan fingerprint density at radius 2 is 1.78 bits per heavy atom. The highest BCUT2D eigenvalue weighted by Gasteiger charge is 2.27. The van der Waals surface area contributed by atoms with Crippen molar-refractivity contribution in [3.63, 3.8) is 0 Å². The number of ether oxygens (including phenoxy) is 1. The molecule has 0 aliphatic heterocycles. The van der Waals surface area contributed by atoms with Crippen molar-refractivity contribution in [2.24, 2.45) is 0 Å². The molecular formula is C26H29F2N3O4Si. The average molecular weight is 514 g/mol. The maximum absolute atomic E-state index is 14.9. The second kappa shape index (κ2) is 11.5. The Labute approximate surface area is 209 Å². The van der Waals surface area contributed by atoms with Crippen molar-refractivity contribution in [3.05, 3.63) is 93.7 Å². The van der Waals surface area contributed by atoms with E-state index in [0.717, 1.165) is 16.2 Å². The largest absolute Gasteiger partial charge is 0.380 e. The topological polar surface area (TPSA) is 90.3 Å². The molecule has 0 spiro atoms. The molecule has 1 N–H and O–H groups in total. The predicted molar refractivity (Wildman–Crippen MR) is 135 cm³/mol.